The molecule has 1 aromatic carbocycles. The van der Waals surface area contributed by atoms with Crippen LogP contribution in [0.1, 0.15) is 23.1 Å². The van der Waals surface area contributed by atoms with Crippen LogP contribution in [0.3, 0.4) is 0 Å². The fraction of sp³-hybridized carbons (Fsp3) is 0.375. The number of rotatable bonds is 5. The van der Waals surface area contributed by atoms with Crippen molar-refractivity contribution in [3.05, 3.63) is 53.5 Å². The Bertz CT molecular complexity index is 1340. The van der Waals surface area contributed by atoms with Crippen molar-refractivity contribution in [3.63, 3.8) is 0 Å². The van der Waals surface area contributed by atoms with Crippen LogP contribution < -0.4 is 4.74 Å². The van der Waals surface area contributed by atoms with E-state index in [0.717, 1.165) is 19.3 Å². The molecule has 1 aliphatic carbocycles. The quantitative estimate of drug-likeness (QED) is 0.471. The van der Waals surface area contributed by atoms with E-state index in [9.17, 15) is 13.2 Å². The van der Waals surface area contributed by atoms with Gasteiger partial charge in [0.2, 0.25) is 0 Å². The van der Waals surface area contributed by atoms with Crippen molar-refractivity contribution in [2.75, 3.05) is 21.2 Å². The predicted octanol–water partition coefficient (Wildman–Crippen LogP) is 4.32. The fourth-order valence-corrected chi connectivity index (χ4v) is 4.72. The van der Waals surface area contributed by atoms with Crippen molar-refractivity contribution in [1.29, 1.82) is 0 Å². The Hall–Kier alpha value is -3.40. The molecular formula is C24H25F3N6O. The third-order valence-electron chi connectivity index (χ3n) is 6.51. The molecule has 178 valence electrons. The summed E-state index contributed by atoms with van der Waals surface area (Å²) in [6.45, 7) is 0. The molecule has 4 aromatic rings. The monoisotopic (exact) mass is 470 g/mol. The van der Waals surface area contributed by atoms with Crippen LogP contribution in [0.2, 0.25) is 0 Å². The van der Waals surface area contributed by atoms with Gasteiger partial charge in [-0.15, -0.1) is 0 Å². The highest BCUT2D eigenvalue weighted by Gasteiger charge is 2.33. The SMILES string of the molecule is COc1cc(-c2[nH]nc(-c3ccc4c(c3)CCC(N(C)C)C4)c2CC(F)(F)F)cn2ncnc12. The molecule has 3 aromatic heterocycles. The summed E-state index contributed by atoms with van der Waals surface area (Å²) in [6, 6.07) is 8.00. The highest BCUT2D eigenvalue weighted by atomic mass is 19.4. The van der Waals surface area contributed by atoms with Crippen LogP contribution in [-0.4, -0.2) is 63.1 Å². The topological polar surface area (TPSA) is 71.3 Å². The zero-order valence-corrected chi connectivity index (χ0v) is 19.1. The molecule has 0 radical (unpaired) electrons. The second kappa shape index (κ2) is 8.43. The number of fused-ring (bicyclic) bond motifs is 2. The Balaban J connectivity index is 1.60. The second-order valence-corrected chi connectivity index (χ2v) is 8.89. The maximum Gasteiger partial charge on any atom is 0.393 e. The van der Waals surface area contributed by atoms with Crippen LogP contribution in [0, 0.1) is 0 Å². The van der Waals surface area contributed by atoms with Crippen molar-refractivity contribution in [2.24, 2.45) is 0 Å². The lowest BCUT2D eigenvalue weighted by Crippen LogP contribution is -2.33. The van der Waals surface area contributed by atoms with Crippen molar-refractivity contribution < 1.29 is 17.9 Å². The van der Waals surface area contributed by atoms with Gasteiger partial charge in [-0.25, -0.2) is 9.50 Å². The Morgan fingerprint density at radius 3 is 2.74 bits per heavy atom. The number of methoxy groups -OCH3 is 1. The van der Waals surface area contributed by atoms with Gasteiger partial charge in [-0.3, -0.25) is 5.10 Å². The van der Waals surface area contributed by atoms with Crippen LogP contribution in [-0.2, 0) is 19.3 Å². The van der Waals surface area contributed by atoms with Crippen molar-refractivity contribution in [3.8, 4) is 28.3 Å². The molecule has 1 atom stereocenters. The first-order valence-corrected chi connectivity index (χ1v) is 11.0. The molecule has 5 rings (SSSR count). The molecule has 7 nitrogen and oxygen atoms in total. The molecule has 0 fully saturated rings. The van der Waals surface area contributed by atoms with Crippen LogP contribution >= 0.6 is 0 Å². The maximum atomic E-state index is 13.7. The first kappa shape index (κ1) is 22.4. The van der Waals surface area contributed by atoms with Gasteiger partial charge in [-0.2, -0.15) is 23.4 Å². The zero-order valence-electron chi connectivity index (χ0n) is 19.1. The lowest BCUT2D eigenvalue weighted by Gasteiger charge is -2.30. The molecule has 0 amide bonds. The lowest BCUT2D eigenvalue weighted by molar-refractivity contribution is -0.127. The lowest BCUT2D eigenvalue weighted by atomic mass is 9.86. The average molecular weight is 470 g/mol. The summed E-state index contributed by atoms with van der Waals surface area (Å²) in [4.78, 5) is 6.35. The average Bonchev–Trinajstić information content (AvgIpc) is 3.43. The van der Waals surface area contributed by atoms with Gasteiger partial charge in [-0.1, -0.05) is 12.1 Å². The van der Waals surface area contributed by atoms with Gasteiger partial charge in [0, 0.05) is 28.9 Å². The van der Waals surface area contributed by atoms with Crippen LogP contribution in [0.4, 0.5) is 13.2 Å². The number of nitrogens with zero attached hydrogens (tertiary/aromatic N) is 5. The molecule has 0 saturated heterocycles. The Kier molecular flexibility index (Phi) is 5.55. The molecule has 0 aliphatic heterocycles. The summed E-state index contributed by atoms with van der Waals surface area (Å²) < 4.78 is 47.8. The number of aromatic amines is 1. The number of ether oxygens (including phenoxy) is 1. The van der Waals surface area contributed by atoms with Crippen molar-refractivity contribution >= 4 is 5.65 Å². The first-order chi connectivity index (χ1) is 16.2. The summed E-state index contributed by atoms with van der Waals surface area (Å²) in [5, 5.41) is 11.3. The molecule has 0 spiro atoms. The standard InChI is InChI=1S/C24H25F3N6O/c1-32(2)18-7-6-14-8-16(5-4-15(14)9-18)21-19(11-24(25,26)27)22(31-30-21)17-10-20(34-3)23-28-13-29-33(23)12-17/h4-5,8,10,12-13,18H,6-7,9,11H2,1-3H3,(H,30,31). The van der Waals surface area contributed by atoms with E-state index < -0.39 is 12.6 Å². The Labute approximate surface area is 194 Å². The minimum atomic E-state index is -4.40. The summed E-state index contributed by atoms with van der Waals surface area (Å²) in [7, 11) is 5.63. The molecule has 34 heavy (non-hydrogen) atoms. The van der Waals surface area contributed by atoms with E-state index in [-0.39, 0.29) is 11.3 Å². The van der Waals surface area contributed by atoms with Gasteiger partial charge < -0.3 is 9.64 Å². The number of nitrogens with one attached hydrogen (secondary N) is 1. The molecule has 3 heterocycles. The number of aryl methyl sites for hydroxylation is 1. The largest absolute Gasteiger partial charge is 0.493 e. The van der Waals surface area contributed by atoms with E-state index in [1.165, 1.54) is 29.1 Å². The van der Waals surface area contributed by atoms with Gasteiger partial charge in [0.1, 0.15) is 6.33 Å². The van der Waals surface area contributed by atoms with E-state index in [1.807, 2.05) is 18.2 Å². The molecular weight excluding hydrogens is 445 g/mol. The van der Waals surface area contributed by atoms with E-state index >= 15 is 0 Å². The van der Waals surface area contributed by atoms with E-state index in [4.69, 9.17) is 4.74 Å². The van der Waals surface area contributed by atoms with E-state index in [1.54, 1.807) is 12.3 Å². The van der Waals surface area contributed by atoms with Gasteiger partial charge in [-0.05, 0) is 56.6 Å². The number of aromatic nitrogens is 5. The van der Waals surface area contributed by atoms with Crippen molar-refractivity contribution in [2.45, 2.75) is 37.9 Å². The predicted molar refractivity (Wildman–Crippen MR) is 122 cm³/mol. The first-order valence-electron chi connectivity index (χ1n) is 11.0. The summed E-state index contributed by atoms with van der Waals surface area (Å²) >= 11 is 0. The van der Waals surface area contributed by atoms with Crippen LogP contribution in [0.25, 0.3) is 28.2 Å². The molecule has 0 bridgehead atoms. The van der Waals surface area contributed by atoms with E-state index in [0.29, 0.717) is 34.3 Å². The molecule has 0 saturated carbocycles. The number of alkyl halides is 3. The highest BCUT2D eigenvalue weighted by molar-refractivity contribution is 5.76. The van der Waals surface area contributed by atoms with Crippen LogP contribution in [0.15, 0.2) is 36.8 Å². The zero-order chi connectivity index (χ0) is 24.0. The molecule has 1 N–H and O–H groups in total. The number of benzene rings is 1. The highest BCUT2D eigenvalue weighted by Crippen LogP contribution is 2.37. The smallest absolute Gasteiger partial charge is 0.393 e. The van der Waals surface area contributed by atoms with E-state index in [2.05, 4.69) is 39.3 Å². The van der Waals surface area contributed by atoms with Crippen LogP contribution in [0.5, 0.6) is 5.75 Å². The Morgan fingerprint density at radius 1 is 1.18 bits per heavy atom. The van der Waals surface area contributed by atoms with Gasteiger partial charge in [0.15, 0.2) is 11.4 Å². The summed E-state index contributed by atoms with van der Waals surface area (Å²) in [6.07, 6.45) is 0.316. The molecule has 1 aliphatic rings. The third kappa shape index (κ3) is 4.13. The molecule has 10 heteroatoms. The van der Waals surface area contributed by atoms with Gasteiger partial charge in [0.05, 0.1) is 24.9 Å². The Morgan fingerprint density at radius 2 is 2.00 bits per heavy atom. The summed E-state index contributed by atoms with van der Waals surface area (Å²) in [5.41, 5.74) is 4.74. The van der Waals surface area contributed by atoms with Gasteiger partial charge >= 0.3 is 6.18 Å². The summed E-state index contributed by atoms with van der Waals surface area (Å²) in [5.74, 6) is 0.410. The van der Waals surface area contributed by atoms with Crippen molar-refractivity contribution in [1.82, 2.24) is 29.7 Å². The number of likely N-dealkylation sites (N-methyl/N-ethyl adjacent to an activating group) is 1. The number of pyridine rings is 1. The second-order valence-electron chi connectivity index (χ2n) is 8.89. The number of halogens is 3. The fourth-order valence-electron chi connectivity index (χ4n) is 4.72. The molecule has 1 unspecified atom stereocenters. The maximum absolute atomic E-state index is 13.7. The van der Waals surface area contributed by atoms with Gasteiger partial charge in [0.25, 0.3) is 0 Å². The number of H-pyrrole nitrogens is 1. The minimum Gasteiger partial charge on any atom is -0.493 e. The minimum absolute atomic E-state index is 0.0935. The normalized spacial score (nSPS) is 16.3. The third-order valence-corrected chi connectivity index (χ3v) is 6.51. The number of hydrogen-bond acceptors (Lipinski definition) is 5. The number of hydrogen-bond donors (Lipinski definition) is 1.